The zero-order valence-corrected chi connectivity index (χ0v) is 12.0. The normalized spacial score (nSPS) is 16.5. The Morgan fingerprint density at radius 3 is 2.86 bits per heavy atom. The van der Waals surface area contributed by atoms with Crippen molar-refractivity contribution in [2.45, 2.75) is 12.5 Å². The Bertz CT molecular complexity index is 914. The predicted molar refractivity (Wildman–Crippen MR) is 87.2 cm³/mol. The monoisotopic (exact) mass is 292 g/mol. The molecule has 0 spiro atoms. The van der Waals surface area contributed by atoms with E-state index in [0.717, 1.165) is 34.2 Å². The molecule has 2 heterocycles. The molecular formula is C18H16N2O2. The SMILES string of the molecule is NC[C@@H]1Cc2cccc(-c3cc4ccccc4[nH]c3=O)c2O1. The average molecular weight is 292 g/mol. The summed E-state index contributed by atoms with van der Waals surface area (Å²) in [5.74, 6) is 0.790. The van der Waals surface area contributed by atoms with Crippen LogP contribution in [0.4, 0.5) is 0 Å². The van der Waals surface area contributed by atoms with Crippen molar-refractivity contribution in [2.24, 2.45) is 5.73 Å². The van der Waals surface area contributed by atoms with Crippen LogP contribution in [-0.4, -0.2) is 17.6 Å². The van der Waals surface area contributed by atoms with Gasteiger partial charge in [-0.2, -0.15) is 0 Å². The van der Waals surface area contributed by atoms with Gasteiger partial charge < -0.3 is 15.5 Å². The van der Waals surface area contributed by atoms with E-state index in [2.05, 4.69) is 4.98 Å². The predicted octanol–water partition coefficient (Wildman–Crippen LogP) is 2.46. The minimum Gasteiger partial charge on any atom is -0.488 e. The zero-order valence-electron chi connectivity index (χ0n) is 12.0. The number of aromatic nitrogens is 1. The first-order chi connectivity index (χ1) is 10.8. The molecule has 110 valence electrons. The van der Waals surface area contributed by atoms with Crippen molar-refractivity contribution in [3.05, 3.63) is 64.4 Å². The first kappa shape index (κ1) is 13.1. The van der Waals surface area contributed by atoms with Gasteiger partial charge in [-0.05, 0) is 23.1 Å². The Morgan fingerprint density at radius 2 is 2.00 bits per heavy atom. The molecule has 3 aromatic rings. The standard InChI is InChI=1S/C18H16N2O2/c19-10-13-8-12-5-3-6-14(17(12)22-13)15-9-11-4-1-2-7-16(11)20-18(15)21/h1-7,9,13H,8,10,19H2,(H,20,21)/t13-/m0/s1. The fourth-order valence-corrected chi connectivity index (χ4v) is 3.03. The minimum absolute atomic E-state index is 0.00399. The molecule has 0 aliphatic carbocycles. The van der Waals surface area contributed by atoms with Crippen molar-refractivity contribution in [1.82, 2.24) is 4.98 Å². The summed E-state index contributed by atoms with van der Waals surface area (Å²) in [5.41, 5.74) is 9.02. The second-order valence-electron chi connectivity index (χ2n) is 5.57. The van der Waals surface area contributed by atoms with E-state index >= 15 is 0 Å². The van der Waals surface area contributed by atoms with Gasteiger partial charge in [0.15, 0.2) is 0 Å². The van der Waals surface area contributed by atoms with Crippen LogP contribution in [0, 0.1) is 0 Å². The van der Waals surface area contributed by atoms with Crippen molar-refractivity contribution >= 4 is 10.9 Å². The van der Waals surface area contributed by atoms with Crippen LogP contribution in [0.15, 0.2) is 53.3 Å². The van der Waals surface area contributed by atoms with E-state index in [1.807, 2.05) is 48.5 Å². The van der Waals surface area contributed by atoms with Crippen LogP contribution in [0.3, 0.4) is 0 Å². The molecule has 1 aliphatic heterocycles. The zero-order chi connectivity index (χ0) is 15.1. The number of hydrogen-bond acceptors (Lipinski definition) is 3. The maximum absolute atomic E-state index is 12.4. The molecule has 0 amide bonds. The summed E-state index contributed by atoms with van der Waals surface area (Å²) < 4.78 is 5.93. The summed E-state index contributed by atoms with van der Waals surface area (Å²) in [6.45, 7) is 0.474. The van der Waals surface area contributed by atoms with E-state index in [-0.39, 0.29) is 11.7 Å². The second kappa shape index (κ2) is 5.00. The highest BCUT2D eigenvalue weighted by Crippen LogP contribution is 2.37. The molecule has 2 aromatic carbocycles. The van der Waals surface area contributed by atoms with Crippen molar-refractivity contribution < 1.29 is 4.74 Å². The molecule has 1 aliphatic rings. The van der Waals surface area contributed by atoms with Gasteiger partial charge in [0.05, 0.1) is 5.56 Å². The third kappa shape index (κ3) is 2.00. The third-order valence-electron chi connectivity index (χ3n) is 4.14. The number of ether oxygens (including phenoxy) is 1. The quantitative estimate of drug-likeness (QED) is 0.762. The molecule has 4 nitrogen and oxygen atoms in total. The lowest BCUT2D eigenvalue weighted by Crippen LogP contribution is -2.24. The van der Waals surface area contributed by atoms with Gasteiger partial charge in [-0.25, -0.2) is 0 Å². The van der Waals surface area contributed by atoms with Crippen LogP contribution in [0.5, 0.6) is 5.75 Å². The Morgan fingerprint density at radius 1 is 1.14 bits per heavy atom. The van der Waals surface area contributed by atoms with Gasteiger partial charge in [-0.15, -0.1) is 0 Å². The molecule has 0 radical (unpaired) electrons. The van der Waals surface area contributed by atoms with Gasteiger partial charge in [0.25, 0.3) is 5.56 Å². The van der Waals surface area contributed by atoms with Gasteiger partial charge in [-0.1, -0.05) is 36.4 Å². The van der Waals surface area contributed by atoms with Gasteiger partial charge in [0, 0.05) is 24.0 Å². The van der Waals surface area contributed by atoms with E-state index in [0.29, 0.717) is 12.1 Å². The Labute approximate surface area is 127 Å². The van der Waals surface area contributed by atoms with Crippen molar-refractivity contribution in [1.29, 1.82) is 0 Å². The summed E-state index contributed by atoms with van der Waals surface area (Å²) in [4.78, 5) is 15.4. The molecular weight excluding hydrogens is 276 g/mol. The smallest absolute Gasteiger partial charge is 0.256 e. The largest absolute Gasteiger partial charge is 0.488 e. The number of para-hydroxylation sites is 2. The van der Waals surface area contributed by atoms with E-state index in [1.54, 1.807) is 0 Å². The van der Waals surface area contributed by atoms with E-state index < -0.39 is 0 Å². The highest BCUT2D eigenvalue weighted by molar-refractivity contribution is 5.85. The van der Waals surface area contributed by atoms with Gasteiger partial charge in [-0.3, -0.25) is 4.79 Å². The van der Waals surface area contributed by atoms with Crippen molar-refractivity contribution in [2.75, 3.05) is 6.54 Å². The number of nitrogens with one attached hydrogen (secondary N) is 1. The Hall–Kier alpha value is -2.59. The molecule has 1 atom stereocenters. The average Bonchev–Trinajstić information content (AvgIpc) is 2.97. The summed E-state index contributed by atoms with van der Waals surface area (Å²) in [5, 5.41) is 1.00. The maximum atomic E-state index is 12.4. The number of fused-ring (bicyclic) bond motifs is 2. The number of aromatic amines is 1. The number of hydrogen-bond donors (Lipinski definition) is 2. The second-order valence-corrected chi connectivity index (χ2v) is 5.57. The molecule has 0 saturated carbocycles. The molecule has 0 saturated heterocycles. The fraction of sp³-hybridized carbons (Fsp3) is 0.167. The van der Waals surface area contributed by atoms with E-state index in [1.165, 1.54) is 0 Å². The molecule has 0 bridgehead atoms. The van der Waals surface area contributed by atoms with E-state index in [9.17, 15) is 4.79 Å². The van der Waals surface area contributed by atoms with Crippen LogP contribution in [0.25, 0.3) is 22.0 Å². The number of pyridine rings is 1. The molecule has 22 heavy (non-hydrogen) atoms. The summed E-state index contributed by atoms with van der Waals surface area (Å²) in [7, 11) is 0. The van der Waals surface area contributed by atoms with Crippen LogP contribution in [-0.2, 0) is 6.42 Å². The molecule has 0 unspecified atom stereocenters. The minimum atomic E-state index is -0.105. The molecule has 1 aromatic heterocycles. The lowest BCUT2D eigenvalue weighted by molar-refractivity contribution is 0.242. The van der Waals surface area contributed by atoms with Gasteiger partial charge in [0.1, 0.15) is 11.9 Å². The molecule has 4 heteroatoms. The Kier molecular flexibility index (Phi) is 2.98. The summed E-state index contributed by atoms with van der Waals surface area (Å²) in [6, 6.07) is 15.6. The maximum Gasteiger partial charge on any atom is 0.256 e. The van der Waals surface area contributed by atoms with Crippen LogP contribution < -0.4 is 16.0 Å². The number of H-pyrrole nitrogens is 1. The highest BCUT2D eigenvalue weighted by atomic mass is 16.5. The molecule has 3 N–H and O–H groups in total. The number of nitrogens with two attached hydrogens (primary N) is 1. The van der Waals surface area contributed by atoms with Crippen LogP contribution in [0.1, 0.15) is 5.56 Å². The van der Waals surface area contributed by atoms with Crippen molar-refractivity contribution in [3.8, 4) is 16.9 Å². The van der Waals surface area contributed by atoms with Gasteiger partial charge in [0.2, 0.25) is 0 Å². The summed E-state index contributed by atoms with van der Waals surface area (Å²) in [6.07, 6.45) is 0.793. The number of benzene rings is 2. The summed E-state index contributed by atoms with van der Waals surface area (Å²) >= 11 is 0. The lowest BCUT2D eigenvalue weighted by atomic mass is 10.0. The van der Waals surface area contributed by atoms with Gasteiger partial charge >= 0.3 is 0 Å². The first-order valence-corrected chi connectivity index (χ1v) is 7.37. The Balaban J connectivity index is 1.92. The highest BCUT2D eigenvalue weighted by Gasteiger charge is 2.25. The van der Waals surface area contributed by atoms with Crippen LogP contribution in [0.2, 0.25) is 0 Å². The molecule has 4 rings (SSSR count). The van der Waals surface area contributed by atoms with Crippen molar-refractivity contribution in [3.63, 3.8) is 0 Å². The lowest BCUT2D eigenvalue weighted by Gasteiger charge is -2.11. The van der Waals surface area contributed by atoms with Crippen LogP contribution >= 0.6 is 0 Å². The topological polar surface area (TPSA) is 68.1 Å². The number of rotatable bonds is 2. The molecule has 0 fully saturated rings. The third-order valence-corrected chi connectivity index (χ3v) is 4.14. The van der Waals surface area contributed by atoms with E-state index in [4.69, 9.17) is 10.5 Å². The fourth-order valence-electron chi connectivity index (χ4n) is 3.03. The first-order valence-electron chi connectivity index (χ1n) is 7.37.